The molecule has 282 valence electrons. The lowest BCUT2D eigenvalue weighted by Gasteiger charge is -2.43. The highest BCUT2D eigenvalue weighted by molar-refractivity contribution is 7.99. The van der Waals surface area contributed by atoms with Crippen molar-refractivity contribution < 1.29 is 27.8 Å². The fraction of sp³-hybridized carbons (Fsp3) is 0.375. The normalized spacial score (nSPS) is 21.6. The molecule has 1 saturated heterocycles. The van der Waals surface area contributed by atoms with Crippen LogP contribution in [-0.4, -0.2) is 75.0 Å². The third-order valence-electron chi connectivity index (χ3n) is 10.1. The minimum atomic E-state index is -2.95. The molecule has 2 fully saturated rings. The molecule has 2 N–H and O–H groups in total. The predicted molar refractivity (Wildman–Crippen MR) is 208 cm³/mol. The van der Waals surface area contributed by atoms with E-state index in [1.807, 2.05) is 36.4 Å². The lowest BCUT2D eigenvalue weighted by atomic mass is 10.1. The number of carboxylic acid groups (broad SMARTS) is 1. The molecule has 1 aliphatic heterocycles. The maximum absolute atomic E-state index is 14.1. The summed E-state index contributed by atoms with van der Waals surface area (Å²) in [4.78, 5) is 21.3. The van der Waals surface area contributed by atoms with Crippen LogP contribution in [0.15, 0.2) is 96.2 Å². The Bertz CT molecular complexity index is 2090. The van der Waals surface area contributed by atoms with E-state index in [-0.39, 0.29) is 23.6 Å². The topological polar surface area (TPSA) is 124 Å². The fourth-order valence-corrected chi connectivity index (χ4v) is 12.7. The zero-order valence-corrected chi connectivity index (χ0v) is 32.5. The van der Waals surface area contributed by atoms with E-state index in [0.29, 0.717) is 34.1 Å². The first-order valence-electron chi connectivity index (χ1n) is 18.3. The number of anilines is 1. The molecule has 0 radical (unpaired) electrons. The number of ether oxygens (including phenoxy) is 1. The number of hydrogen-bond donors (Lipinski definition) is 2. The van der Waals surface area contributed by atoms with Gasteiger partial charge < -0.3 is 19.6 Å². The second-order valence-electron chi connectivity index (χ2n) is 14.9. The molecule has 54 heavy (non-hydrogen) atoms. The van der Waals surface area contributed by atoms with Crippen LogP contribution in [0.1, 0.15) is 64.5 Å². The quantitative estimate of drug-likeness (QED) is 0.0535. The molecular weight excluding hydrogens is 727 g/mol. The lowest BCUT2D eigenvalue weighted by molar-refractivity contribution is -0.131. The number of fused-ring (bicyclic) bond motifs is 1. The van der Waals surface area contributed by atoms with E-state index in [9.17, 15) is 18.7 Å². The van der Waals surface area contributed by atoms with Crippen LogP contribution in [0, 0.1) is 11.6 Å². The number of nitrogens with one attached hydrogen (secondary N) is 1. The van der Waals surface area contributed by atoms with Gasteiger partial charge in [-0.05, 0) is 52.0 Å². The van der Waals surface area contributed by atoms with Crippen LogP contribution in [0.3, 0.4) is 0 Å². The van der Waals surface area contributed by atoms with E-state index in [0.717, 1.165) is 41.1 Å². The van der Waals surface area contributed by atoms with Crippen molar-refractivity contribution >= 4 is 53.4 Å². The molecule has 0 spiro atoms. The summed E-state index contributed by atoms with van der Waals surface area (Å²) in [5.41, 5.74) is 1.71. The van der Waals surface area contributed by atoms with Crippen molar-refractivity contribution in [1.29, 1.82) is 0 Å². The van der Waals surface area contributed by atoms with E-state index in [2.05, 4.69) is 67.6 Å². The second kappa shape index (κ2) is 15.7. The lowest BCUT2D eigenvalue weighted by Crippen LogP contribution is -2.67. The van der Waals surface area contributed by atoms with Crippen molar-refractivity contribution in [3.8, 4) is 0 Å². The fourth-order valence-electron chi connectivity index (χ4n) is 7.48. The molecule has 5 atom stereocenters. The summed E-state index contributed by atoms with van der Waals surface area (Å²) >= 11 is 1.53. The van der Waals surface area contributed by atoms with Gasteiger partial charge in [-0.25, -0.2) is 28.2 Å². The number of thioether (sulfide) groups is 1. The molecule has 7 rings (SSSR count). The summed E-state index contributed by atoms with van der Waals surface area (Å²) in [7, 11) is -2.95. The zero-order chi connectivity index (χ0) is 38.0. The number of carbonyl (C=O) groups is 1. The maximum Gasteiger partial charge on any atom is 0.328 e. The van der Waals surface area contributed by atoms with E-state index in [1.54, 1.807) is 16.8 Å². The van der Waals surface area contributed by atoms with E-state index >= 15 is 0 Å². The van der Waals surface area contributed by atoms with Gasteiger partial charge in [0.15, 0.2) is 33.8 Å². The van der Waals surface area contributed by atoms with E-state index in [4.69, 9.17) is 19.1 Å². The third-order valence-corrected chi connectivity index (χ3v) is 16.2. The standard InChI is InChI=1S/C40H44F2N6O4SSi/c1-5-20-53-39-44-37(43-32-23-29(32)25-16-18-30(41)31(42)21-25)36-38(45-39)48(47-46-36)33-22-26(17-19-35(49)50)52-34(33)24-51-54(40(2,3)4,27-12-8-6-9-13-27)28-14-10-7-11-15-28/h6-19,21,26,29,32-34H,5,20,22-24H2,1-4H3,(H,49,50)(H,43,44,45)/b19-17+/t26-,29-,32+,33+,34-/m0/s1. The molecule has 0 amide bonds. The Hall–Kier alpha value is -4.50. The smallest absolute Gasteiger partial charge is 0.328 e. The van der Waals surface area contributed by atoms with E-state index < -0.39 is 44.2 Å². The number of aromatic nitrogens is 5. The largest absolute Gasteiger partial charge is 0.478 e. The molecule has 1 saturated carbocycles. The Morgan fingerprint density at radius 1 is 1.04 bits per heavy atom. The van der Waals surface area contributed by atoms with Gasteiger partial charge in [0.2, 0.25) is 0 Å². The summed E-state index contributed by atoms with van der Waals surface area (Å²) in [6.07, 6.45) is 3.68. The number of aliphatic carboxylic acids is 1. The van der Waals surface area contributed by atoms with Crippen LogP contribution in [0.5, 0.6) is 0 Å². The van der Waals surface area contributed by atoms with Crippen LogP contribution in [-0.2, 0) is 14.0 Å². The van der Waals surface area contributed by atoms with Gasteiger partial charge in [-0.2, -0.15) is 0 Å². The zero-order valence-electron chi connectivity index (χ0n) is 30.7. The van der Waals surface area contributed by atoms with Gasteiger partial charge in [-0.1, -0.05) is 111 Å². The Labute approximate surface area is 318 Å². The minimum Gasteiger partial charge on any atom is -0.478 e. The highest BCUT2D eigenvalue weighted by atomic mass is 32.2. The Morgan fingerprint density at radius 2 is 1.74 bits per heavy atom. The van der Waals surface area contributed by atoms with Crippen molar-refractivity contribution in [2.24, 2.45) is 0 Å². The summed E-state index contributed by atoms with van der Waals surface area (Å²) in [5, 5.41) is 24.7. The molecule has 5 aromatic rings. The number of carboxylic acids is 1. The highest BCUT2D eigenvalue weighted by Gasteiger charge is 2.51. The van der Waals surface area contributed by atoms with Crippen molar-refractivity contribution in [2.45, 2.75) is 87.4 Å². The van der Waals surface area contributed by atoms with Crippen molar-refractivity contribution in [3.63, 3.8) is 0 Å². The van der Waals surface area contributed by atoms with Gasteiger partial charge in [-0.3, -0.25) is 0 Å². The monoisotopic (exact) mass is 770 g/mol. The molecular formula is C40H44F2N6O4SSi. The molecule has 14 heteroatoms. The first kappa shape index (κ1) is 37.8. The Balaban J connectivity index is 1.25. The van der Waals surface area contributed by atoms with Crippen LogP contribution in [0.25, 0.3) is 11.2 Å². The molecule has 10 nitrogen and oxygen atoms in total. The SMILES string of the molecule is CCCSc1nc(N[C@@H]2C[C@H]2c2ccc(F)c(F)c2)c2nnn([C@@H]3C[C@H](/C=C/C(=O)O)O[C@H]3CO[Si](c3ccccc3)(c3ccccc3)C(C)(C)C)c2n1. The van der Waals surface area contributed by atoms with Gasteiger partial charge in [0.25, 0.3) is 8.32 Å². The van der Waals surface area contributed by atoms with Crippen LogP contribution in [0.4, 0.5) is 14.6 Å². The van der Waals surface area contributed by atoms with E-state index in [1.165, 1.54) is 17.8 Å². The predicted octanol–water partition coefficient (Wildman–Crippen LogP) is 6.89. The number of rotatable bonds is 14. The van der Waals surface area contributed by atoms with Crippen LogP contribution >= 0.6 is 11.8 Å². The van der Waals surface area contributed by atoms with Crippen LogP contribution < -0.4 is 15.7 Å². The van der Waals surface area contributed by atoms with Gasteiger partial charge in [0, 0.05) is 30.2 Å². The minimum absolute atomic E-state index is 0.0140. The van der Waals surface area contributed by atoms with Crippen LogP contribution in [0.2, 0.25) is 5.04 Å². The van der Waals surface area contributed by atoms with Gasteiger partial charge in [-0.15, -0.1) is 5.10 Å². The summed E-state index contributed by atoms with van der Waals surface area (Å²) in [5.74, 6) is -1.50. The Morgan fingerprint density at radius 3 is 2.37 bits per heavy atom. The van der Waals surface area contributed by atoms with Crippen molar-refractivity contribution in [2.75, 3.05) is 17.7 Å². The highest BCUT2D eigenvalue weighted by Crippen LogP contribution is 2.44. The third kappa shape index (κ3) is 7.70. The number of hydrogen-bond acceptors (Lipinski definition) is 9. The molecule has 2 aliphatic rings. The summed E-state index contributed by atoms with van der Waals surface area (Å²) in [6, 6.07) is 24.3. The average Bonchev–Trinajstić information content (AvgIpc) is 3.59. The molecule has 3 aromatic carbocycles. The molecule has 0 unspecified atom stereocenters. The Kier molecular flexibility index (Phi) is 11.0. The molecule has 2 aromatic heterocycles. The molecule has 3 heterocycles. The van der Waals surface area contributed by atoms with Gasteiger partial charge in [0.05, 0.1) is 18.8 Å². The molecule has 0 bridgehead atoms. The van der Waals surface area contributed by atoms with Gasteiger partial charge in [0.1, 0.15) is 6.10 Å². The second-order valence-corrected chi connectivity index (χ2v) is 20.2. The van der Waals surface area contributed by atoms with Gasteiger partial charge >= 0.3 is 5.97 Å². The van der Waals surface area contributed by atoms with Crippen molar-refractivity contribution in [3.05, 3.63) is 108 Å². The average molecular weight is 771 g/mol. The van der Waals surface area contributed by atoms with Crippen molar-refractivity contribution in [1.82, 2.24) is 25.0 Å². The molecule has 1 aliphatic carbocycles. The first-order chi connectivity index (χ1) is 26.0. The first-order valence-corrected chi connectivity index (χ1v) is 21.2. The number of benzene rings is 3. The number of halogens is 2. The summed E-state index contributed by atoms with van der Waals surface area (Å²) in [6.45, 7) is 8.95. The maximum atomic E-state index is 14.1. The summed E-state index contributed by atoms with van der Waals surface area (Å²) < 4.78 is 43.4. The number of nitrogens with zero attached hydrogens (tertiary/aromatic N) is 5.